The molecule has 0 radical (unpaired) electrons. The first kappa shape index (κ1) is 24.8. The Morgan fingerprint density at radius 2 is 1.45 bits per heavy atom. The van der Waals surface area contributed by atoms with Gasteiger partial charge in [-0.25, -0.2) is 17.7 Å². The monoisotopic (exact) mass is 447 g/mol. The molecule has 0 aliphatic heterocycles. The molecule has 0 fully saturated rings. The summed E-state index contributed by atoms with van der Waals surface area (Å²) in [6.45, 7) is 2.37. The van der Waals surface area contributed by atoms with Crippen LogP contribution in [0.4, 0.5) is 11.5 Å². The third-order valence-electron chi connectivity index (χ3n) is 5.24. The fourth-order valence-electron chi connectivity index (χ4n) is 3.53. The molecule has 8 heteroatoms. The van der Waals surface area contributed by atoms with Crippen molar-refractivity contribution in [2.24, 2.45) is 0 Å². The maximum Gasteiger partial charge on any atom is 0.312 e. The average molecular weight is 448 g/mol. The van der Waals surface area contributed by atoms with Gasteiger partial charge in [-0.1, -0.05) is 82.9 Å². The molecule has 0 aliphatic carbocycles. The second-order valence-corrected chi connectivity index (χ2v) is 9.54. The third-order valence-corrected chi connectivity index (χ3v) is 7.05. The van der Waals surface area contributed by atoms with E-state index in [0.717, 1.165) is 23.6 Å². The Kier molecular flexibility index (Phi) is 10.4. The number of hydrogen-bond donors (Lipinski definition) is 0. The highest BCUT2D eigenvalue weighted by atomic mass is 32.2. The number of unbranched alkanes of at least 4 members (excludes halogenated alkanes) is 9. The van der Waals surface area contributed by atoms with Crippen LogP contribution in [-0.2, 0) is 10.0 Å². The number of hydrogen-bond acceptors (Lipinski definition) is 5. The minimum atomic E-state index is -3.95. The van der Waals surface area contributed by atoms with Crippen molar-refractivity contribution >= 4 is 21.5 Å². The highest BCUT2D eigenvalue weighted by Crippen LogP contribution is 2.30. The molecule has 170 valence electrons. The molecule has 0 atom stereocenters. The van der Waals surface area contributed by atoms with E-state index in [1.165, 1.54) is 69.0 Å². The molecule has 0 spiro atoms. The van der Waals surface area contributed by atoms with Gasteiger partial charge in [0.15, 0.2) is 0 Å². The normalized spacial score (nSPS) is 11.4. The highest BCUT2D eigenvalue weighted by molar-refractivity contribution is 7.92. The number of rotatable bonds is 15. The Labute approximate surface area is 185 Å². The molecule has 31 heavy (non-hydrogen) atoms. The molecule has 2 rings (SSSR count). The van der Waals surface area contributed by atoms with Crippen LogP contribution in [0.3, 0.4) is 0 Å². The highest BCUT2D eigenvalue weighted by Gasteiger charge is 2.31. The van der Waals surface area contributed by atoms with Gasteiger partial charge in [-0.15, -0.1) is 0 Å². The van der Waals surface area contributed by atoms with E-state index in [4.69, 9.17) is 0 Å². The van der Waals surface area contributed by atoms with E-state index in [0.29, 0.717) is 6.42 Å². The van der Waals surface area contributed by atoms with Gasteiger partial charge in [-0.3, -0.25) is 10.1 Å². The van der Waals surface area contributed by atoms with E-state index in [-0.39, 0.29) is 22.9 Å². The first-order chi connectivity index (χ1) is 15.0. The van der Waals surface area contributed by atoms with Gasteiger partial charge in [0.05, 0.1) is 9.82 Å². The first-order valence-corrected chi connectivity index (χ1v) is 12.6. The van der Waals surface area contributed by atoms with Gasteiger partial charge in [0.25, 0.3) is 10.0 Å². The van der Waals surface area contributed by atoms with E-state index >= 15 is 0 Å². The molecule has 2 aromatic rings. The predicted octanol–water partition coefficient (Wildman–Crippen LogP) is 6.11. The second-order valence-electron chi connectivity index (χ2n) is 7.68. The molecule has 0 bridgehead atoms. The fraction of sp³-hybridized carbons (Fsp3) is 0.522. The summed E-state index contributed by atoms with van der Waals surface area (Å²) in [7, 11) is -3.95. The van der Waals surface area contributed by atoms with Crippen molar-refractivity contribution in [3.05, 3.63) is 58.8 Å². The topological polar surface area (TPSA) is 93.4 Å². The molecular formula is C23H33N3O4S. The largest absolute Gasteiger partial charge is 0.312 e. The van der Waals surface area contributed by atoms with Crippen LogP contribution >= 0.6 is 0 Å². The Morgan fingerprint density at radius 1 is 0.871 bits per heavy atom. The summed E-state index contributed by atoms with van der Waals surface area (Å²) in [4.78, 5) is 15.0. The van der Waals surface area contributed by atoms with Gasteiger partial charge in [0, 0.05) is 18.8 Å². The SMILES string of the molecule is CCCCCCCCCCCCN(c1ncccc1[N+](=O)[O-])S(=O)(=O)c1ccccc1. The summed E-state index contributed by atoms with van der Waals surface area (Å²) in [6.07, 6.45) is 12.6. The molecule has 0 unspecified atom stereocenters. The van der Waals surface area contributed by atoms with Crippen LogP contribution < -0.4 is 4.31 Å². The van der Waals surface area contributed by atoms with E-state index < -0.39 is 14.9 Å². The maximum absolute atomic E-state index is 13.3. The van der Waals surface area contributed by atoms with Crippen LogP contribution in [0, 0.1) is 10.1 Å². The number of nitrogens with zero attached hydrogens (tertiary/aromatic N) is 3. The number of pyridine rings is 1. The molecule has 1 heterocycles. The summed E-state index contributed by atoms with van der Waals surface area (Å²) in [5, 5.41) is 11.5. The molecule has 0 aliphatic rings. The molecular weight excluding hydrogens is 414 g/mol. The lowest BCUT2D eigenvalue weighted by atomic mass is 10.1. The van der Waals surface area contributed by atoms with Crippen LogP contribution in [0.5, 0.6) is 0 Å². The van der Waals surface area contributed by atoms with Crippen molar-refractivity contribution in [2.75, 3.05) is 10.8 Å². The van der Waals surface area contributed by atoms with Crippen molar-refractivity contribution in [2.45, 2.75) is 76.0 Å². The summed E-state index contributed by atoms with van der Waals surface area (Å²) in [5.41, 5.74) is -0.311. The molecule has 1 aromatic heterocycles. The molecule has 7 nitrogen and oxygen atoms in total. The summed E-state index contributed by atoms with van der Waals surface area (Å²) < 4.78 is 27.6. The van der Waals surface area contributed by atoms with Crippen molar-refractivity contribution < 1.29 is 13.3 Å². The quantitative estimate of drug-likeness (QED) is 0.187. The number of nitro groups is 1. The standard InChI is InChI=1S/C23H33N3O4S/c1-2-3-4-5-6-7-8-9-10-14-20-25(23-22(26(27)28)18-15-19-24-23)31(29,30)21-16-12-11-13-17-21/h11-13,15-19H,2-10,14,20H2,1H3. The maximum atomic E-state index is 13.3. The summed E-state index contributed by atoms with van der Waals surface area (Å²) in [5.74, 6) is -0.132. The van der Waals surface area contributed by atoms with Crippen LogP contribution in [0.15, 0.2) is 53.6 Å². The lowest BCUT2D eigenvalue weighted by Crippen LogP contribution is -2.33. The number of sulfonamides is 1. The Morgan fingerprint density at radius 3 is 2.03 bits per heavy atom. The number of anilines is 1. The van der Waals surface area contributed by atoms with Gasteiger partial charge in [-0.05, 0) is 24.6 Å². The first-order valence-electron chi connectivity index (χ1n) is 11.2. The number of benzene rings is 1. The molecule has 0 amide bonds. The van der Waals surface area contributed by atoms with Crippen molar-refractivity contribution in [1.82, 2.24) is 4.98 Å². The summed E-state index contributed by atoms with van der Waals surface area (Å²) in [6, 6.07) is 10.7. The van der Waals surface area contributed by atoms with Crippen molar-refractivity contribution in [1.29, 1.82) is 0 Å². The van der Waals surface area contributed by atoms with Crippen molar-refractivity contribution in [3.63, 3.8) is 0 Å². The minimum absolute atomic E-state index is 0.0991. The van der Waals surface area contributed by atoms with E-state index in [2.05, 4.69) is 11.9 Å². The van der Waals surface area contributed by atoms with Crippen molar-refractivity contribution in [3.8, 4) is 0 Å². The van der Waals surface area contributed by atoms with Crippen LogP contribution in [0.1, 0.15) is 71.1 Å². The zero-order valence-electron chi connectivity index (χ0n) is 18.3. The van der Waals surface area contributed by atoms with Gasteiger partial charge < -0.3 is 0 Å². The molecule has 0 saturated heterocycles. The van der Waals surface area contributed by atoms with Gasteiger partial charge in [0.1, 0.15) is 0 Å². The Balaban J connectivity index is 2.03. The average Bonchev–Trinajstić information content (AvgIpc) is 2.78. The minimum Gasteiger partial charge on any atom is -0.258 e. The van der Waals surface area contributed by atoms with E-state index in [1.807, 2.05) is 0 Å². The van der Waals surface area contributed by atoms with Crippen LogP contribution in [0.2, 0.25) is 0 Å². The molecule has 0 saturated carbocycles. The predicted molar refractivity (Wildman–Crippen MR) is 124 cm³/mol. The fourth-order valence-corrected chi connectivity index (χ4v) is 5.02. The van der Waals surface area contributed by atoms with Gasteiger partial charge in [-0.2, -0.15) is 0 Å². The molecule has 0 N–H and O–H groups in total. The van der Waals surface area contributed by atoms with E-state index in [1.54, 1.807) is 18.2 Å². The smallest absolute Gasteiger partial charge is 0.258 e. The van der Waals surface area contributed by atoms with E-state index in [9.17, 15) is 18.5 Å². The van der Waals surface area contributed by atoms with Gasteiger partial charge >= 0.3 is 5.69 Å². The Bertz CT molecular complexity index is 904. The lowest BCUT2D eigenvalue weighted by Gasteiger charge is -2.23. The van der Waals surface area contributed by atoms with Crippen LogP contribution in [-0.4, -0.2) is 24.9 Å². The third kappa shape index (κ3) is 7.61. The zero-order chi connectivity index (χ0) is 22.5. The number of aromatic nitrogens is 1. The Hall–Kier alpha value is -2.48. The zero-order valence-corrected chi connectivity index (χ0v) is 19.1. The second kappa shape index (κ2) is 13.0. The lowest BCUT2D eigenvalue weighted by molar-refractivity contribution is -0.384. The van der Waals surface area contributed by atoms with Crippen LogP contribution in [0.25, 0.3) is 0 Å². The molecule has 1 aromatic carbocycles. The summed E-state index contributed by atoms with van der Waals surface area (Å²) >= 11 is 0. The van der Waals surface area contributed by atoms with Gasteiger partial charge in [0.2, 0.25) is 5.82 Å².